The number of hydrogen-bond acceptors (Lipinski definition) is 3. The monoisotopic (exact) mass is 267 g/mol. The van der Waals surface area contributed by atoms with Gasteiger partial charge in [-0.2, -0.15) is 0 Å². The lowest BCUT2D eigenvalue weighted by molar-refractivity contribution is 0.0623. The zero-order chi connectivity index (χ0) is 13.7. The van der Waals surface area contributed by atoms with Gasteiger partial charge in [-0.25, -0.2) is 0 Å². The van der Waals surface area contributed by atoms with Gasteiger partial charge in [-0.15, -0.1) is 0 Å². The summed E-state index contributed by atoms with van der Waals surface area (Å²) in [7, 11) is 0. The van der Waals surface area contributed by atoms with Crippen molar-refractivity contribution in [3.63, 3.8) is 0 Å². The molecule has 112 valence electrons. The van der Waals surface area contributed by atoms with E-state index in [1.807, 2.05) is 0 Å². The Morgan fingerprint density at radius 3 is 2.16 bits per heavy atom. The molecule has 1 aliphatic heterocycles. The van der Waals surface area contributed by atoms with Crippen LogP contribution in [0.5, 0.6) is 0 Å². The van der Waals surface area contributed by atoms with Crippen LogP contribution in [0.15, 0.2) is 0 Å². The molecular formula is C16H33N3. The average Bonchev–Trinajstić information content (AvgIpc) is 2.39. The first-order valence-electron chi connectivity index (χ1n) is 8.26. The SMILES string of the molecule is CC(C)(C)N1CCN(CCNC2CCCCC2)CC1. The quantitative estimate of drug-likeness (QED) is 0.843. The first kappa shape index (κ1) is 15.3. The second-order valence-electron chi connectivity index (χ2n) is 7.29. The summed E-state index contributed by atoms with van der Waals surface area (Å²) in [6.07, 6.45) is 7.12. The Morgan fingerprint density at radius 2 is 1.58 bits per heavy atom. The largest absolute Gasteiger partial charge is 0.313 e. The Labute approximate surface area is 119 Å². The van der Waals surface area contributed by atoms with Crippen molar-refractivity contribution in [2.75, 3.05) is 39.3 Å². The lowest BCUT2D eigenvalue weighted by Crippen LogP contribution is -2.54. The summed E-state index contributed by atoms with van der Waals surface area (Å²) in [6.45, 7) is 14.3. The van der Waals surface area contributed by atoms with E-state index < -0.39 is 0 Å². The molecule has 0 aromatic rings. The van der Waals surface area contributed by atoms with E-state index in [1.165, 1.54) is 71.4 Å². The van der Waals surface area contributed by atoms with Crippen molar-refractivity contribution in [3.8, 4) is 0 Å². The molecule has 2 aliphatic rings. The maximum atomic E-state index is 3.76. The van der Waals surface area contributed by atoms with Gasteiger partial charge in [0, 0.05) is 50.8 Å². The van der Waals surface area contributed by atoms with Gasteiger partial charge in [-0.1, -0.05) is 19.3 Å². The number of nitrogens with one attached hydrogen (secondary N) is 1. The fourth-order valence-electron chi connectivity index (χ4n) is 3.38. The van der Waals surface area contributed by atoms with Crippen molar-refractivity contribution in [1.82, 2.24) is 15.1 Å². The molecule has 0 aromatic carbocycles. The number of rotatable bonds is 4. The zero-order valence-corrected chi connectivity index (χ0v) is 13.2. The fraction of sp³-hybridized carbons (Fsp3) is 1.00. The molecule has 2 fully saturated rings. The van der Waals surface area contributed by atoms with Crippen molar-refractivity contribution in [2.24, 2.45) is 0 Å². The van der Waals surface area contributed by atoms with Crippen LogP contribution in [-0.4, -0.2) is 60.6 Å². The van der Waals surface area contributed by atoms with Crippen LogP contribution in [0.3, 0.4) is 0 Å². The van der Waals surface area contributed by atoms with Crippen LogP contribution in [0.25, 0.3) is 0 Å². The van der Waals surface area contributed by atoms with Gasteiger partial charge >= 0.3 is 0 Å². The van der Waals surface area contributed by atoms with Crippen LogP contribution in [0.4, 0.5) is 0 Å². The van der Waals surface area contributed by atoms with E-state index in [1.54, 1.807) is 0 Å². The van der Waals surface area contributed by atoms with E-state index >= 15 is 0 Å². The Morgan fingerprint density at radius 1 is 0.947 bits per heavy atom. The third-order valence-electron chi connectivity index (χ3n) is 4.79. The third kappa shape index (κ3) is 5.05. The summed E-state index contributed by atoms with van der Waals surface area (Å²) in [5.74, 6) is 0. The lowest BCUT2D eigenvalue weighted by Gasteiger charge is -2.42. The van der Waals surface area contributed by atoms with E-state index in [9.17, 15) is 0 Å². The van der Waals surface area contributed by atoms with Gasteiger partial charge in [0.15, 0.2) is 0 Å². The first-order valence-corrected chi connectivity index (χ1v) is 8.26. The predicted octanol–water partition coefficient (Wildman–Crippen LogP) is 2.32. The van der Waals surface area contributed by atoms with Gasteiger partial charge in [0.25, 0.3) is 0 Å². The maximum absolute atomic E-state index is 3.76. The van der Waals surface area contributed by atoms with E-state index in [2.05, 4.69) is 35.9 Å². The summed E-state index contributed by atoms with van der Waals surface area (Å²) < 4.78 is 0. The minimum absolute atomic E-state index is 0.340. The van der Waals surface area contributed by atoms with Crippen LogP contribution in [0.1, 0.15) is 52.9 Å². The number of piperazine rings is 1. The van der Waals surface area contributed by atoms with E-state index in [-0.39, 0.29) is 0 Å². The zero-order valence-electron chi connectivity index (χ0n) is 13.2. The van der Waals surface area contributed by atoms with Crippen molar-refractivity contribution < 1.29 is 0 Å². The van der Waals surface area contributed by atoms with E-state index in [0.717, 1.165) is 6.04 Å². The van der Waals surface area contributed by atoms with Crippen molar-refractivity contribution >= 4 is 0 Å². The maximum Gasteiger partial charge on any atom is 0.0126 e. The smallest absolute Gasteiger partial charge is 0.0126 e. The highest BCUT2D eigenvalue weighted by atomic mass is 15.3. The molecule has 1 saturated heterocycles. The third-order valence-corrected chi connectivity index (χ3v) is 4.79. The molecule has 3 nitrogen and oxygen atoms in total. The molecule has 19 heavy (non-hydrogen) atoms. The minimum Gasteiger partial charge on any atom is -0.313 e. The fourth-order valence-corrected chi connectivity index (χ4v) is 3.38. The molecule has 0 spiro atoms. The van der Waals surface area contributed by atoms with Crippen molar-refractivity contribution in [2.45, 2.75) is 64.5 Å². The van der Waals surface area contributed by atoms with Gasteiger partial charge in [0.2, 0.25) is 0 Å². The molecule has 1 N–H and O–H groups in total. The molecular weight excluding hydrogens is 234 g/mol. The molecule has 0 aromatic heterocycles. The standard InChI is InChI=1S/C16H33N3/c1-16(2,3)19-13-11-18(12-14-19)10-9-17-15-7-5-4-6-8-15/h15,17H,4-14H2,1-3H3. The van der Waals surface area contributed by atoms with Crippen LogP contribution in [0.2, 0.25) is 0 Å². The Kier molecular flexibility index (Phi) is 5.67. The highest BCUT2D eigenvalue weighted by Crippen LogP contribution is 2.17. The first-order chi connectivity index (χ1) is 9.05. The van der Waals surface area contributed by atoms with Gasteiger partial charge in [0.05, 0.1) is 0 Å². The summed E-state index contributed by atoms with van der Waals surface area (Å²) in [4.78, 5) is 5.23. The van der Waals surface area contributed by atoms with Crippen LogP contribution in [-0.2, 0) is 0 Å². The Bertz CT molecular complexity index is 245. The predicted molar refractivity (Wildman–Crippen MR) is 82.6 cm³/mol. The Balaban J connectivity index is 1.58. The molecule has 1 heterocycles. The summed E-state index contributed by atoms with van der Waals surface area (Å²) in [6, 6.07) is 0.810. The van der Waals surface area contributed by atoms with Crippen LogP contribution < -0.4 is 5.32 Å². The van der Waals surface area contributed by atoms with Gasteiger partial charge in [-0.3, -0.25) is 9.80 Å². The molecule has 1 saturated carbocycles. The highest BCUT2D eigenvalue weighted by Gasteiger charge is 2.25. The topological polar surface area (TPSA) is 18.5 Å². The van der Waals surface area contributed by atoms with Crippen LogP contribution in [0, 0.1) is 0 Å². The van der Waals surface area contributed by atoms with Crippen LogP contribution >= 0.6 is 0 Å². The van der Waals surface area contributed by atoms with E-state index in [0.29, 0.717) is 5.54 Å². The number of hydrogen-bond donors (Lipinski definition) is 1. The summed E-state index contributed by atoms with van der Waals surface area (Å²) in [5, 5.41) is 3.76. The van der Waals surface area contributed by atoms with Crippen molar-refractivity contribution in [1.29, 1.82) is 0 Å². The summed E-state index contributed by atoms with van der Waals surface area (Å²) >= 11 is 0. The van der Waals surface area contributed by atoms with Gasteiger partial charge < -0.3 is 5.32 Å². The highest BCUT2D eigenvalue weighted by molar-refractivity contribution is 4.82. The van der Waals surface area contributed by atoms with Gasteiger partial charge in [-0.05, 0) is 33.6 Å². The normalized spacial score (nSPS) is 24.8. The summed E-state index contributed by atoms with van der Waals surface area (Å²) in [5.41, 5.74) is 0.340. The molecule has 3 heteroatoms. The molecule has 1 aliphatic carbocycles. The molecule has 0 amide bonds. The molecule has 0 atom stereocenters. The molecule has 2 rings (SSSR count). The van der Waals surface area contributed by atoms with Gasteiger partial charge in [0.1, 0.15) is 0 Å². The second-order valence-corrected chi connectivity index (χ2v) is 7.29. The molecule has 0 bridgehead atoms. The second kappa shape index (κ2) is 7.05. The van der Waals surface area contributed by atoms with Crippen molar-refractivity contribution in [3.05, 3.63) is 0 Å². The minimum atomic E-state index is 0.340. The molecule has 0 radical (unpaired) electrons. The lowest BCUT2D eigenvalue weighted by atomic mass is 9.95. The number of nitrogens with zero attached hydrogens (tertiary/aromatic N) is 2. The Hall–Kier alpha value is -0.120. The molecule has 0 unspecified atom stereocenters. The average molecular weight is 267 g/mol. The van der Waals surface area contributed by atoms with E-state index in [4.69, 9.17) is 0 Å².